The summed E-state index contributed by atoms with van der Waals surface area (Å²) in [5.41, 5.74) is 0. The molecule has 2 aromatic rings. The zero-order valence-corrected chi connectivity index (χ0v) is 8.91. The molecule has 0 aliphatic rings. The molecule has 0 spiro atoms. The lowest BCUT2D eigenvalue weighted by atomic mass is 10.3. The van der Waals surface area contributed by atoms with E-state index in [9.17, 15) is 0 Å². The summed E-state index contributed by atoms with van der Waals surface area (Å²) in [6.45, 7) is 2.00. The van der Waals surface area contributed by atoms with Gasteiger partial charge in [-0.3, -0.25) is 0 Å². The van der Waals surface area contributed by atoms with Crippen LogP contribution < -0.4 is 0 Å². The Labute approximate surface area is 95.3 Å². The third-order valence-electron chi connectivity index (χ3n) is 1.42. The maximum atomic E-state index is 8.63. The van der Waals surface area contributed by atoms with Crippen LogP contribution in [0.2, 0.25) is 0 Å². The highest BCUT2D eigenvalue weighted by molar-refractivity contribution is 5.18. The van der Waals surface area contributed by atoms with Crippen molar-refractivity contribution in [3.63, 3.8) is 0 Å². The van der Waals surface area contributed by atoms with Gasteiger partial charge in [-0.1, -0.05) is 54.6 Å². The van der Waals surface area contributed by atoms with Gasteiger partial charge >= 0.3 is 0 Å². The van der Waals surface area contributed by atoms with Gasteiger partial charge in [0.1, 0.15) is 12.5 Å². The van der Waals surface area contributed by atoms with Crippen LogP contribution in [0, 0.1) is 0 Å². The van der Waals surface area contributed by atoms with Gasteiger partial charge < -0.3 is 15.4 Å². The molecule has 0 radical (unpaired) electrons. The van der Waals surface area contributed by atoms with Gasteiger partial charge in [-0.15, -0.1) is 0 Å². The van der Waals surface area contributed by atoms with Crippen LogP contribution in [0.1, 0.15) is 0 Å². The van der Waals surface area contributed by atoms with E-state index in [1.807, 2.05) is 49.3 Å². The van der Waals surface area contributed by atoms with Crippen molar-refractivity contribution < 1.29 is 15.4 Å². The summed E-state index contributed by atoms with van der Waals surface area (Å²) in [6.07, 6.45) is 0. The standard InChI is InChI=1S/C6H6O.C6H6.CH2O.H2O/c7-6-4-2-1-3-5-6;1-2-4-6-5-3-1;1-2;/h1-5,7H;1-6H;1H2;1H2. The zero-order chi connectivity index (χ0) is 11.4. The average molecular weight is 220 g/mol. The van der Waals surface area contributed by atoms with Crippen molar-refractivity contribution in [2.75, 3.05) is 0 Å². The molecule has 0 unspecified atom stereocenters. The van der Waals surface area contributed by atoms with Crippen molar-refractivity contribution in [2.45, 2.75) is 0 Å². The molecule has 2 rings (SSSR count). The number of hydrogen-bond acceptors (Lipinski definition) is 2. The lowest BCUT2D eigenvalue weighted by Crippen LogP contribution is -1.56. The predicted molar refractivity (Wildman–Crippen MR) is 65.3 cm³/mol. The molecule has 0 bridgehead atoms. The van der Waals surface area contributed by atoms with Gasteiger partial charge in [0.2, 0.25) is 0 Å². The molecule has 0 aliphatic carbocycles. The molecule has 0 saturated carbocycles. The van der Waals surface area contributed by atoms with Crippen LogP contribution in [0.5, 0.6) is 5.75 Å². The SMILES string of the molecule is C=O.O.Oc1ccccc1.c1ccccc1. The smallest absolute Gasteiger partial charge is 0.115 e. The minimum absolute atomic E-state index is 0. The molecule has 2 aromatic carbocycles. The predicted octanol–water partition coefficient (Wildman–Crippen LogP) is 2.07. The van der Waals surface area contributed by atoms with E-state index in [0.717, 1.165) is 0 Å². The highest BCUT2D eigenvalue weighted by atomic mass is 16.3. The number of para-hydroxylation sites is 1. The third kappa shape index (κ3) is 9.95. The van der Waals surface area contributed by atoms with E-state index in [4.69, 9.17) is 9.90 Å². The fourth-order valence-electron chi connectivity index (χ4n) is 0.813. The monoisotopic (exact) mass is 220 g/mol. The van der Waals surface area contributed by atoms with E-state index >= 15 is 0 Å². The first-order valence-electron chi connectivity index (χ1n) is 4.42. The highest BCUT2D eigenvalue weighted by Gasteiger charge is 1.74. The molecular formula is C13H16O3. The Balaban J connectivity index is 0. The maximum Gasteiger partial charge on any atom is 0.115 e. The maximum absolute atomic E-state index is 8.63. The number of benzene rings is 2. The van der Waals surface area contributed by atoms with Crippen LogP contribution in [0.25, 0.3) is 0 Å². The molecule has 0 aromatic heterocycles. The van der Waals surface area contributed by atoms with Crippen molar-refractivity contribution >= 4 is 6.79 Å². The number of hydrogen-bond donors (Lipinski definition) is 1. The molecule has 86 valence electrons. The van der Waals surface area contributed by atoms with Gasteiger partial charge in [-0.05, 0) is 12.1 Å². The molecule has 3 heteroatoms. The van der Waals surface area contributed by atoms with Gasteiger partial charge in [0.15, 0.2) is 0 Å². The van der Waals surface area contributed by atoms with Crippen LogP contribution in [0.15, 0.2) is 66.7 Å². The van der Waals surface area contributed by atoms with Crippen LogP contribution in [0.3, 0.4) is 0 Å². The minimum atomic E-state index is 0. The highest BCUT2D eigenvalue weighted by Crippen LogP contribution is 2.02. The van der Waals surface area contributed by atoms with Crippen LogP contribution in [-0.4, -0.2) is 17.4 Å². The van der Waals surface area contributed by atoms with Gasteiger partial charge in [0, 0.05) is 0 Å². The van der Waals surface area contributed by atoms with Gasteiger partial charge in [0.25, 0.3) is 0 Å². The van der Waals surface area contributed by atoms with Crippen LogP contribution in [-0.2, 0) is 4.79 Å². The van der Waals surface area contributed by atoms with E-state index in [0.29, 0.717) is 5.75 Å². The fraction of sp³-hybridized carbons (Fsp3) is 0. The van der Waals surface area contributed by atoms with E-state index in [1.165, 1.54) is 0 Å². The Morgan fingerprint density at radius 1 is 0.688 bits per heavy atom. The molecule has 0 amide bonds. The van der Waals surface area contributed by atoms with Gasteiger partial charge in [-0.2, -0.15) is 0 Å². The molecule has 0 aliphatic heterocycles. The van der Waals surface area contributed by atoms with Gasteiger partial charge in [-0.25, -0.2) is 0 Å². The second-order valence-corrected chi connectivity index (χ2v) is 2.49. The Morgan fingerprint density at radius 3 is 1.12 bits per heavy atom. The first-order valence-corrected chi connectivity index (χ1v) is 4.42. The Morgan fingerprint density at radius 2 is 0.938 bits per heavy atom. The van der Waals surface area contributed by atoms with E-state index < -0.39 is 0 Å². The van der Waals surface area contributed by atoms with E-state index in [2.05, 4.69) is 0 Å². The van der Waals surface area contributed by atoms with E-state index in [1.54, 1.807) is 24.3 Å². The molecular weight excluding hydrogens is 204 g/mol. The zero-order valence-electron chi connectivity index (χ0n) is 8.91. The number of phenolic OH excluding ortho intramolecular Hbond substituents is 1. The van der Waals surface area contributed by atoms with Crippen molar-refractivity contribution in [1.82, 2.24) is 0 Å². The summed E-state index contributed by atoms with van der Waals surface area (Å²) in [4.78, 5) is 8.00. The normalized spacial score (nSPS) is 7.00. The summed E-state index contributed by atoms with van der Waals surface area (Å²) in [7, 11) is 0. The number of aromatic hydroxyl groups is 1. The van der Waals surface area contributed by atoms with Crippen LogP contribution in [0.4, 0.5) is 0 Å². The minimum Gasteiger partial charge on any atom is -0.508 e. The molecule has 3 N–H and O–H groups in total. The summed E-state index contributed by atoms with van der Waals surface area (Å²) in [5.74, 6) is 0.322. The lowest BCUT2D eigenvalue weighted by molar-refractivity contribution is -0.0979. The molecule has 0 saturated heterocycles. The summed E-state index contributed by atoms with van der Waals surface area (Å²) >= 11 is 0. The average Bonchev–Trinajstić information content (AvgIpc) is 2.36. The van der Waals surface area contributed by atoms with Gasteiger partial charge in [0.05, 0.1) is 0 Å². The van der Waals surface area contributed by atoms with Crippen molar-refractivity contribution in [2.24, 2.45) is 0 Å². The van der Waals surface area contributed by atoms with Crippen molar-refractivity contribution in [3.05, 3.63) is 66.7 Å². The van der Waals surface area contributed by atoms with Crippen molar-refractivity contribution in [3.8, 4) is 5.75 Å². The molecule has 0 heterocycles. The number of carbonyl (C=O) groups excluding carboxylic acids is 1. The van der Waals surface area contributed by atoms with E-state index in [-0.39, 0.29) is 5.48 Å². The molecule has 3 nitrogen and oxygen atoms in total. The molecule has 0 fully saturated rings. The summed E-state index contributed by atoms with van der Waals surface area (Å²) in [6, 6.07) is 20.7. The second kappa shape index (κ2) is 12.9. The Kier molecular flexibility index (Phi) is 13.1. The summed E-state index contributed by atoms with van der Waals surface area (Å²) < 4.78 is 0. The lowest BCUT2D eigenvalue weighted by Gasteiger charge is -1.82. The topological polar surface area (TPSA) is 68.8 Å². The Hall–Kier alpha value is -2.13. The molecule has 16 heavy (non-hydrogen) atoms. The fourth-order valence-corrected chi connectivity index (χ4v) is 0.813. The van der Waals surface area contributed by atoms with Crippen LogP contribution >= 0.6 is 0 Å². The second-order valence-electron chi connectivity index (χ2n) is 2.49. The molecule has 0 atom stereocenters. The Bertz CT molecular complexity index is 295. The first kappa shape index (κ1) is 16.3. The van der Waals surface area contributed by atoms with Crippen molar-refractivity contribution in [1.29, 1.82) is 0 Å². The largest absolute Gasteiger partial charge is 0.508 e. The first-order chi connectivity index (χ1) is 7.39. The third-order valence-corrected chi connectivity index (χ3v) is 1.42. The number of phenols is 1. The number of rotatable bonds is 0. The number of carbonyl (C=O) groups is 1. The quantitative estimate of drug-likeness (QED) is 0.738. The summed E-state index contributed by atoms with van der Waals surface area (Å²) in [5, 5.41) is 8.63.